The van der Waals surface area contributed by atoms with Crippen molar-refractivity contribution in [2.24, 2.45) is 0 Å². The van der Waals surface area contributed by atoms with Crippen molar-refractivity contribution in [3.8, 4) is 5.88 Å². The molecule has 176 valence electrons. The predicted octanol–water partition coefficient (Wildman–Crippen LogP) is 4.74. The molecule has 1 aliphatic carbocycles. The lowest BCUT2D eigenvalue weighted by atomic mass is 9.92. The molecule has 3 aromatic rings. The quantitative estimate of drug-likeness (QED) is 0.563. The summed E-state index contributed by atoms with van der Waals surface area (Å²) in [5, 5.41) is 13.1. The number of nitrogens with zero attached hydrogens (tertiary/aromatic N) is 4. The Balaban J connectivity index is 1.37. The summed E-state index contributed by atoms with van der Waals surface area (Å²) in [6.45, 7) is 6.72. The fraction of sp³-hybridized carbons (Fsp3) is 0.560. The second kappa shape index (κ2) is 9.63. The third kappa shape index (κ3) is 4.53. The molecule has 1 saturated carbocycles. The summed E-state index contributed by atoms with van der Waals surface area (Å²) in [4.78, 5) is 8.74. The molecule has 1 aliphatic heterocycles. The van der Waals surface area contributed by atoms with Crippen LogP contribution in [-0.2, 0) is 0 Å². The zero-order chi connectivity index (χ0) is 22.8. The molecule has 4 heterocycles. The van der Waals surface area contributed by atoms with Crippen LogP contribution in [0.3, 0.4) is 0 Å². The van der Waals surface area contributed by atoms with Crippen molar-refractivity contribution in [3.63, 3.8) is 0 Å². The largest absolute Gasteiger partial charge is 0.472 e. The number of aromatic nitrogens is 4. The van der Waals surface area contributed by atoms with Gasteiger partial charge in [-0.25, -0.2) is 14.4 Å². The van der Waals surface area contributed by atoms with Gasteiger partial charge in [-0.05, 0) is 77.1 Å². The molecule has 8 heteroatoms. The minimum Gasteiger partial charge on any atom is -0.472 e. The highest BCUT2D eigenvalue weighted by Gasteiger charge is 2.29. The van der Waals surface area contributed by atoms with E-state index in [4.69, 9.17) is 9.84 Å². The van der Waals surface area contributed by atoms with Gasteiger partial charge in [-0.3, -0.25) is 4.68 Å². The Hall–Kier alpha value is -2.74. The Morgan fingerprint density at radius 2 is 1.94 bits per heavy atom. The Bertz CT molecular complexity index is 1100. The van der Waals surface area contributed by atoms with Crippen LogP contribution >= 0.6 is 0 Å². The highest BCUT2D eigenvalue weighted by atomic mass is 19.1. The number of rotatable bonds is 6. The summed E-state index contributed by atoms with van der Waals surface area (Å²) in [5.74, 6) is 1.13. The molecule has 0 unspecified atom stereocenters. The number of piperidine rings is 1. The first kappa shape index (κ1) is 22.1. The monoisotopic (exact) mass is 452 g/mol. The lowest BCUT2D eigenvalue weighted by Gasteiger charge is -2.29. The first-order chi connectivity index (χ1) is 16.1. The molecule has 0 atom stereocenters. The molecule has 5 rings (SSSR count). The Labute approximate surface area is 194 Å². The van der Waals surface area contributed by atoms with Gasteiger partial charge in [0.2, 0.25) is 0 Å². The first-order valence-electron chi connectivity index (χ1n) is 12.2. The third-order valence-electron chi connectivity index (χ3n) is 7.02. The summed E-state index contributed by atoms with van der Waals surface area (Å²) < 4.78 is 22.5. The first-order valence-corrected chi connectivity index (χ1v) is 12.2. The maximum Gasteiger partial charge on any atom is 0.250 e. The van der Waals surface area contributed by atoms with Crippen molar-refractivity contribution in [2.45, 2.75) is 70.4 Å². The van der Waals surface area contributed by atoms with Crippen molar-refractivity contribution < 1.29 is 9.13 Å². The number of hydrogen-bond donors (Lipinski definition) is 2. The van der Waals surface area contributed by atoms with Crippen LogP contribution in [0, 0.1) is 12.7 Å². The van der Waals surface area contributed by atoms with Gasteiger partial charge in [0.05, 0.1) is 17.3 Å². The van der Waals surface area contributed by atoms with E-state index in [1.807, 2.05) is 6.20 Å². The average Bonchev–Trinajstić information content (AvgIpc) is 3.22. The lowest BCUT2D eigenvalue weighted by molar-refractivity contribution is 0.120. The number of halogens is 1. The molecular weight excluding hydrogens is 419 g/mol. The van der Waals surface area contributed by atoms with Gasteiger partial charge in [0, 0.05) is 36.3 Å². The third-order valence-corrected chi connectivity index (χ3v) is 7.02. The standard InChI is InChI=1S/C25H33FN6O/c1-3-28-22-14-21-20(15-30-22)24(17-9-11-27-12-10-17)31-32(21)18-4-6-19(7-5-18)33-25-23(26)16(2)8-13-29-25/h8,13-15,17-19,27H,3-7,9-12H2,1-2H3,(H,28,30). The summed E-state index contributed by atoms with van der Waals surface area (Å²) in [5.41, 5.74) is 2.91. The van der Waals surface area contributed by atoms with Crippen LogP contribution in [0.4, 0.5) is 10.2 Å². The molecule has 7 nitrogen and oxygen atoms in total. The zero-order valence-electron chi connectivity index (χ0n) is 19.5. The van der Waals surface area contributed by atoms with Crippen LogP contribution in [0.15, 0.2) is 24.5 Å². The van der Waals surface area contributed by atoms with Crippen molar-refractivity contribution in [1.82, 2.24) is 25.1 Å². The number of fused-ring (bicyclic) bond motifs is 1. The number of ether oxygens (including phenoxy) is 1. The highest BCUT2D eigenvalue weighted by molar-refractivity contribution is 5.84. The van der Waals surface area contributed by atoms with E-state index in [-0.39, 0.29) is 17.8 Å². The van der Waals surface area contributed by atoms with E-state index in [0.29, 0.717) is 17.5 Å². The predicted molar refractivity (Wildman–Crippen MR) is 127 cm³/mol. The molecule has 1 saturated heterocycles. The number of nitrogens with one attached hydrogen (secondary N) is 2. The smallest absolute Gasteiger partial charge is 0.250 e. The van der Waals surface area contributed by atoms with E-state index < -0.39 is 0 Å². The van der Waals surface area contributed by atoms with E-state index in [0.717, 1.165) is 69.5 Å². The molecular formula is C25H33FN6O. The van der Waals surface area contributed by atoms with Crippen LogP contribution in [0.5, 0.6) is 5.88 Å². The maximum atomic E-state index is 14.3. The van der Waals surface area contributed by atoms with Gasteiger partial charge in [-0.15, -0.1) is 0 Å². The molecule has 0 spiro atoms. The van der Waals surface area contributed by atoms with Crippen LogP contribution in [0.1, 0.15) is 68.7 Å². The normalized spacial score (nSPS) is 21.9. The van der Waals surface area contributed by atoms with E-state index in [9.17, 15) is 4.39 Å². The van der Waals surface area contributed by atoms with Crippen molar-refractivity contribution in [3.05, 3.63) is 41.6 Å². The molecule has 0 radical (unpaired) electrons. The number of pyridine rings is 2. The van der Waals surface area contributed by atoms with E-state index in [1.165, 1.54) is 11.1 Å². The number of aryl methyl sites for hydroxylation is 1. The van der Waals surface area contributed by atoms with Crippen LogP contribution in [-0.4, -0.2) is 45.5 Å². The number of hydrogen-bond acceptors (Lipinski definition) is 6. The molecule has 2 aliphatic rings. The molecule has 3 aromatic heterocycles. The minimum atomic E-state index is -0.354. The summed E-state index contributed by atoms with van der Waals surface area (Å²) in [7, 11) is 0. The van der Waals surface area contributed by atoms with Gasteiger partial charge >= 0.3 is 0 Å². The SMILES string of the molecule is CCNc1cc2c(cn1)c(C1CCNCC1)nn2C1CCC(Oc2nccc(C)c2F)CC1. The van der Waals surface area contributed by atoms with Crippen molar-refractivity contribution >= 4 is 16.7 Å². The lowest BCUT2D eigenvalue weighted by Crippen LogP contribution is -2.28. The molecule has 2 fully saturated rings. The molecule has 0 amide bonds. The van der Waals surface area contributed by atoms with E-state index >= 15 is 0 Å². The second-order valence-electron chi connectivity index (χ2n) is 9.27. The summed E-state index contributed by atoms with van der Waals surface area (Å²) >= 11 is 0. The van der Waals surface area contributed by atoms with Gasteiger partial charge < -0.3 is 15.4 Å². The van der Waals surface area contributed by atoms with Crippen molar-refractivity contribution in [2.75, 3.05) is 25.0 Å². The van der Waals surface area contributed by atoms with E-state index in [1.54, 1.807) is 19.2 Å². The molecule has 0 aromatic carbocycles. The second-order valence-corrected chi connectivity index (χ2v) is 9.27. The van der Waals surface area contributed by atoms with Crippen LogP contribution < -0.4 is 15.4 Å². The fourth-order valence-corrected chi connectivity index (χ4v) is 5.17. The Morgan fingerprint density at radius 3 is 2.70 bits per heavy atom. The van der Waals surface area contributed by atoms with E-state index in [2.05, 4.69) is 38.3 Å². The van der Waals surface area contributed by atoms with Crippen LogP contribution in [0.2, 0.25) is 0 Å². The Kier molecular flexibility index (Phi) is 6.44. The van der Waals surface area contributed by atoms with Gasteiger partial charge in [0.25, 0.3) is 5.88 Å². The topological polar surface area (TPSA) is 76.9 Å². The van der Waals surface area contributed by atoms with Gasteiger partial charge in [-0.1, -0.05) is 0 Å². The molecule has 2 N–H and O–H groups in total. The maximum absolute atomic E-state index is 14.3. The number of anilines is 1. The molecule has 33 heavy (non-hydrogen) atoms. The summed E-state index contributed by atoms with van der Waals surface area (Å²) in [6.07, 6.45) is 9.40. The Morgan fingerprint density at radius 1 is 1.15 bits per heavy atom. The minimum absolute atomic E-state index is 0.0187. The van der Waals surface area contributed by atoms with Gasteiger partial charge in [0.1, 0.15) is 11.9 Å². The van der Waals surface area contributed by atoms with Crippen LogP contribution in [0.25, 0.3) is 10.9 Å². The van der Waals surface area contributed by atoms with Gasteiger partial charge in [-0.2, -0.15) is 5.10 Å². The van der Waals surface area contributed by atoms with Crippen molar-refractivity contribution in [1.29, 1.82) is 0 Å². The fourth-order valence-electron chi connectivity index (χ4n) is 5.17. The zero-order valence-corrected chi connectivity index (χ0v) is 19.5. The highest BCUT2D eigenvalue weighted by Crippen LogP contribution is 2.37. The van der Waals surface area contributed by atoms with Gasteiger partial charge in [0.15, 0.2) is 5.82 Å². The summed E-state index contributed by atoms with van der Waals surface area (Å²) in [6, 6.07) is 4.11. The average molecular weight is 453 g/mol. The molecule has 0 bridgehead atoms.